The van der Waals surface area contributed by atoms with Crippen molar-refractivity contribution in [1.29, 1.82) is 0 Å². The highest BCUT2D eigenvalue weighted by molar-refractivity contribution is 9.10. The first kappa shape index (κ1) is 16.0. The number of carbonyl (C=O) groups excluding carboxylic acids is 1. The summed E-state index contributed by atoms with van der Waals surface area (Å²) in [5, 5.41) is 3.47. The van der Waals surface area contributed by atoms with E-state index in [9.17, 15) is 4.79 Å². The highest BCUT2D eigenvalue weighted by atomic mass is 79.9. The number of aromatic nitrogens is 1. The minimum absolute atomic E-state index is 0.164. The van der Waals surface area contributed by atoms with Crippen molar-refractivity contribution in [2.24, 2.45) is 5.84 Å². The number of nitrogens with zero attached hydrogens (tertiary/aromatic N) is 1. The molecule has 0 saturated carbocycles. The fourth-order valence-electron chi connectivity index (χ4n) is 1.64. The zero-order chi connectivity index (χ0) is 15.6. The minimum atomic E-state index is -0.351. The van der Waals surface area contributed by atoms with E-state index in [-0.39, 0.29) is 11.1 Å². The number of carbonyl (C=O) groups is 1. The van der Waals surface area contributed by atoms with Crippen LogP contribution in [0.5, 0.6) is 0 Å². The molecule has 8 heteroatoms. The average molecular weight is 390 g/mol. The molecule has 110 valence electrons. The lowest BCUT2D eigenvalue weighted by molar-refractivity contribution is 0.102. The van der Waals surface area contributed by atoms with Crippen molar-refractivity contribution in [2.45, 2.75) is 6.92 Å². The van der Waals surface area contributed by atoms with Gasteiger partial charge in [0.2, 0.25) is 0 Å². The highest BCUT2D eigenvalue weighted by Gasteiger charge is 2.12. The number of hydrazine groups is 1. The summed E-state index contributed by atoms with van der Waals surface area (Å²) in [5.74, 6) is 5.22. The van der Waals surface area contributed by atoms with E-state index in [0.717, 1.165) is 10.0 Å². The Bertz CT molecular complexity index is 709. The van der Waals surface area contributed by atoms with Gasteiger partial charge in [0.05, 0.1) is 5.69 Å². The molecule has 2 rings (SSSR count). The van der Waals surface area contributed by atoms with E-state index in [0.29, 0.717) is 22.1 Å². The second-order valence-electron chi connectivity index (χ2n) is 4.24. The molecule has 0 aliphatic rings. The number of benzene rings is 1. The SMILES string of the molecule is Cc1cc(Br)c(NC(=O)c2cc(Cl)nc(NN)c2)cc1Cl. The molecule has 0 saturated heterocycles. The second kappa shape index (κ2) is 6.62. The van der Waals surface area contributed by atoms with Gasteiger partial charge in [-0.05, 0) is 52.7 Å². The zero-order valence-corrected chi connectivity index (χ0v) is 14.0. The maximum absolute atomic E-state index is 12.3. The van der Waals surface area contributed by atoms with Crippen molar-refractivity contribution < 1.29 is 4.79 Å². The number of hydrogen-bond donors (Lipinski definition) is 3. The average Bonchev–Trinajstić information content (AvgIpc) is 2.43. The summed E-state index contributed by atoms with van der Waals surface area (Å²) in [6.45, 7) is 1.88. The first-order chi connectivity index (χ1) is 9.90. The van der Waals surface area contributed by atoms with E-state index >= 15 is 0 Å². The highest BCUT2D eigenvalue weighted by Crippen LogP contribution is 2.29. The number of hydrogen-bond acceptors (Lipinski definition) is 4. The third kappa shape index (κ3) is 3.85. The van der Waals surface area contributed by atoms with Crippen LogP contribution in [-0.2, 0) is 0 Å². The van der Waals surface area contributed by atoms with Gasteiger partial charge in [0, 0.05) is 15.1 Å². The molecule has 5 nitrogen and oxygen atoms in total. The van der Waals surface area contributed by atoms with Gasteiger partial charge in [-0.15, -0.1) is 0 Å². The van der Waals surface area contributed by atoms with Gasteiger partial charge in [-0.1, -0.05) is 23.2 Å². The summed E-state index contributed by atoms with van der Waals surface area (Å²) in [5.41, 5.74) is 4.14. The Morgan fingerprint density at radius 3 is 2.67 bits per heavy atom. The van der Waals surface area contributed by atoms with Crippen molar-refractivity contribution in [3.05, 3.63) is 50.0 Å². The number of anilines is 2. The van der Waals surface area contributed by atoms with Gasteiger partial charge in [0.25, 0.3) is 5.91 Å². The predicted octanol–water partition coefficient (Wildman–Crippen LogP) is 4.00. The monoisotopic (exact) mass is 388 g/mol. The second-order valence-corrected chi connectivity index (χ2v) is 5.89. The van der Waals surface area contributed by atoms with Crippen LogP contribution < -0.4 is 16.6 Å². The van der Waals surface area contributed by atoms with Crippen molar-refractivity contribution >= 4 is 56.5 Å². The first-order valence-corrected chi connectivity index (χ1v) is 7.37. The van der Waals surface area contributed by atoms with Crippen LogP contribution in [0.15, 0.2) is 28.7 Å². The lowest BCUT2D eigenvalue weighted by Crippen LogP contribution is -2.15. The molecule has 0 spiro atoms. The summed E-state index contributed by atoms with van der Waals surface area (Å²) in [7, 11) is 0. The van der Waals surface area contributed by atoms with Gasteiger partial charge >= 0.3 is 0 Å². The molecule has 4 N–H and O–H groups in total. The molecule has 21 heavy (non-hydrogen) atoms. The Hall–Kier alpha value is -1.34. The third-order valence-corrected chi connectivity index (χ3v) is 3.96. The number of halogens is 3. The molecule has 0 atom stereocenters. The Morgan fingerprint density at radius 1 is 1.29 bits per heavy atom. The number of nitrogen functional groups attached to an aromatic ring is 1. The summed E-state index contributed by atoms with van der Waals surface area (Å²) in [6, 6.07) is 6.43. The quantitative estimate of drug-likeness (QED) is 0.421. The molecular formula is C13H11BrCl2N4O. The van der Waals surface area contributed by atoms with Crippen molar-refractivity contribution in [2.75, 3.05) is 10.7 Å². The van der Waals surface area contributed by atoms with Crippen LogP contribution in [0.25, 0.3) is 0 Å². The number of rotatable bonds is 3. The molecule has 1 aromatic carbocycles. The summed E-state index contributed by atoms with van der Waals surface area (Å²) in [4.78, 5) is 16.2. The Labute approximate surface area is 139 Å². The fraction of sp³-hybridized carbons (Fsp3) is 0.0769. The van der Waals surface area contributed by atoms with Crippen molar-refractivity contribution in [1.82, 2.24) is 4.98 Å². The fourth-order valence-corrected chi connectivity index (χ4v) is 2.57. The van der Waals surface area contributed by atoms with E-state index in [4.69, 9.17) is 29.0 Å². The maximum Gasteiger partial charge on any atom is 0.255 e. The molecule has 0 radical (unpaired) electrons. The molecule has 0 aliphatic heterocycles. The van der Waals surface area contributed by atoms with Crippen LogP contribution in [0.2, 0.25) is 10.2 Å². The van der Waals surface area contributed by atoms with Crippen LogP contribution in [0.1, 0.15) is 15.9 Å². The molecule has 1 amide bonds. The van der Waals surface area contributed by atoms with E-state index in [1.807, 2.05) is 13.0 Å². The molecule has 0 fully saturated rings. The Kier molecular flexibility index (Phi) is 5.05. The van der Waals surface area contributed by atoms with Crippen molar-refractivity contribution in [3.8, 4) is 0 Å². The molecular weight excluding hydrogens is 379 g/mol. The predicted molar refractivity (Wildman–Crippen MR) is 88.9 cm³/mol. The van der Waals surface area contributed by atoms with Crippen LogP contribution >= 0.6 is 39.1 Å². The normalized spacial score (nSPS) is 10.3. The van der Waals surface area contributed by atoms with E-state index in [2.05, 4.69) is 31.7 Å². The molecule has 0 aliphatic carbocycles. The van der Waals surface area contributed by atoms with Crippen LogP contribution in [0.3, 0.4) is 0 Å². The zero-order valence-electron chi connectivity index (χ0n) is 10.9. The number of amides is 1. The van der Waals surface area contributed by atoms with Crippen molar-refractivity contribution in [3.63, 3.8) is 0 Å². The van der Waals surface area contributed by atoms with Crippen LogP contribution in [-0.4, -0.2) is 10.9 Å². The molecule has 0 unspecified atom stereocenters. The number of aryl methyl sites for hydroxylation is 1. The van der Waals surface area contributed by atoms with E-state index in [1.54, 1.807) is 6.07 Å². The van der Waals surface area contributed by atoms with Crippen LogP contribution in [0.4, 0.5) is 11.5 Å². The Balaban J connectivity index is 2.30. The topological polar surface area (TPSA) is 80.0 Å². The largest absolute Gasteiger partial charge is 0.321 e. The van der Waals surface area contributed by atoms with Crippen LogP contribution in [0, 0.1) is 6.92 Å². The number of pyridine rings is 1. The smallest absolute Gasteiger partial charge is 0.255 e. The standard InChI is InChI=1S/C13H11BrCl2N4O/c1-6-2-8(14)10(5-9(6)15)18-13(21)7-3-11(16)19-12(4-7)20-17/h2-5H,17H2,1H3,(H,18,21)(H,19,20). The van der Waals surface area contributed by atoms with Gasteiger partial charge in [-0.25, -0.2) is 10.8 Å². The van der Waals surface area contributed by atoms with E-state index in [1.165, 1.54) is 12.1 Å². The minimum Gasteiger partial charge on any atom is -0.321 e. The lowest BCUT2D eigenvalue weighted by atomic mass is 10.2. The van der Waals surface area contributed by atoms with Gasteiger partial charge < -0.3 is 10.7 Å². The molecule has 2 aromatic rings. The van der Waals surface area contributed by atoms with Gasteiger partial charge in [0.15, 0.2) is 0 Å². The van der Waals surface area contributed by atoms with Gasteiger partial charge in [-0.2, -0.15) is 0 Å². The van der Waals surface area contributed by atoms with E-state index < -0.39 is 0 Å². The van der Waals surface area contributed by atoms with Gasteiger partial charge in [-0.3, -0.25) is 4.79 Å². The lowest BCUT2D eigenvalue weighted by Gasteiger charge is -2.10. The molecule has 1 aromatic heterocycles. The van der Waals surface area contributed by atoms with Gasteiger partial charge in [0.1, 0.15) is 11.0 Å². The molecule has 0 bridgehead atoms. The summed E-state index contributed by atoms with van der Waals surface area (Å²) in [6.07, 6.45) is 0. The first-order valence-electron chi connectivity index (χ1n) is 5.82. The number of nitrogens with two attached hydrogens (primary N) is 1. The molecule has 1 heterocycles. The summed E-state index contributed by atoms with van der Waals surface area (Å²) < 4.78 is 0.732. The maximum atomic E-state index is 12.3. The number of nitrogens with one attached hydrogen (secondary N) is 2. The summed E-state index contributed by atoms with van der Waals surface area (Å²) >= 11 is 15.3. The Morgan fingerprint density at radius 2 is 2.00 bits per heavy atom. The third-order valence-electron chi connectivity index (χ3n) is 2.70.